The number of pyridine rings is 1. The number of halogens is 1. The number of anilines is 1. The minimum atomic E-state index is -1.16. The highest BCUT2D eigenvalue weighted by atomic mass is 19.1. The molecule has 2 aromatic heterocycles. The number of ether oxygens (including phenoxy) is 1. The SMILES string of the molecule is CN(C(=O)O)c1cc2cc(-c3ccc(C(=O)N4CCOCC4)cn3)cc(-c3ccc(F)cc3)c2o1. The molecule has 0 radical (unpaired) electrons. The predicted molar refractivity (Wildman–Crippen MR) is 128 cm³/mol. The number of carboxylic acid groups (broad SMARTS) is 1. The lowest BCUT2D eigenvalue weighted by Gasteiger charge is -2.26. The average molecular weight is 475 g/mol. The van der Waals surface area contributed by atoms with Crippen molar-refractivity contribution in [2.45, 2.75) is 0 Å². The first kappa shape index (κ1) is 22.5. The zero-order chi connectivity index (χ0) is 24.5. The van der Waals surface area contributed by atoms with Gasteiger partial charge in [-0.25, -0.2) is 9.18 Å². The molecule has 1 aliphatic heterocycles. The lowest BCUT2D eigenvalue weighted by atomic mass is 9.98. The number of nitrogens with zero attached hydrogens (tertiary/aromatic N) is 3. The van der Waals surface area contributed by atoms with E-state index in [2.05, 4.69) is 4.98 Å². The fourth-order valence-electron chi connectivity index (χ4n) is 4.03. The first-order valence-corrected chi connectivity index (χ1v) is 11.0. The Hall–Kier alpha value is -4.24. The van der Waals surface area contributed by atoms with E-state index in [0.717, 1.165) is 10.5 Å². The van der Waals surface area contributed by atoms with Crippen LogP contribution in [0.5, 0.6) is 0 Å². The van der Waals surface area contributed by atoms with Crippen molar-refractivity contribution < 1.29 is 28.2 Å². The number of hydrogen-bond donors (Lipinski definition) is 1. The number of amides is 2. The van der Waals surface area contributed by atoms with Crippen LogP contribution in [0.25, 0.3) is 33.4 Å². The van der Waals surface area contributed by atoms with Crippen LogP contribution in [0.15, 0.2) is 65.2 Å². The maximum Gasteiger partial charge on any atom is 0.413 e. The molecule has 1 fully saturated rings. The summed E-state index contributed by atoms with van der Waals surface area (Å²) in [5.41, 5.74) is 3.71. The predicted octanol–water partition coefficient (Wildman–Crippen LogP) is 4.89. The van der Waals surface area contributed by atoms with Crippen molar-refractivity contribution in [3.05, 3.63) is 72.2 Å². The van der Waals surface area contributed by atoms with Crippen LogP contribution in [0.3, 0.4) is 0 Å². The molecule has 0 aliphatic carbocycles. The minimum Gasteiger partial charge on any atom is -0.465 e. The lowest BCUT2D eigenvalue weighted by Crippen LogP contribution is -2.40. The van der Waals surface area contributed by atoms with Crippen LogP contribution in [0, 0.1) is 5.82 Å². The number of fused-ring (bicyclic) bond motifs is 1. The van der Waals surface area contributed by atoms with E-state index >= 15 is 0 Å². The number of carbonyl (C=O) groups is 2. The Morgan fingerprint density at radius 1 is 1.03 bits per heavy atom. The van der Waals surface area contributed by atoms with E-state index < -0.39 is 6.09 Å². The molecule has 2 amide bonds. The van der Waals surface area contributed by atoms with Crippen LogP contribution >= 0.6 is 0 Å². The van der Waals surface area contributed by atoms with E-state index in [0.29, 0.717) is 59.7 Å². The number of morpholine rings is 1. The fourth-order valence-corrected chi connectivity index (χ4v) is 4.03. The standard InChI is InChI=1S/C26H22FN3O5/c1-29(26(32)33)23-14-19-12-18(13-21(24(19)35-23)16-2-5-20(27)6-3-16)22-7-4-17(15-28-22)25(31)30-8-10-34-11-9-30/h2-7,12-15H,8-11H2,1H3,(H,32,33). The number of benzene rings is 2. The van der Waals surface area contributed by atoms with Gasteiger partial charge in [-0.15, -0.1) is 0 Å². The Kier molecular flexibility index (Phi) is 5.92. The highest BCUT2D eigenvalue weighted by molar-refractivity contribution is 5.99. The van der Waals surface area contributed by atoms with Crippen LogP contribution in [-0.4, -0.2) is 60.3 Å². The molecule has 0 bridgehead atoms. The summed E-state index contributed by atoms with van der Waals surface area (Å²) in [6.45, 7) is 2.14. The lowest BCUT2D eigenvalue weighted by molar-refractivity contribution is 0.0302. The Morgan fingerprint density at radius 2 is 1.77 bits per heavy atom. The number of rotatable bonds is 4. The highest BCUT2D eigenvalue weighted by Crippen LogP contribution is 2.37. The summed E-state index contributed by atoms with van der Waals surface area (Å²) in [5.74, 6) is -0.299. The van der Waals surface area contributed by atoms with Crippen molar-refractivity contribution in [3.8, 4) is 22.4 Å². The van der Waals surface area contributed by atoms with Crippen LogP contribution in [-0.2, 0) is 4.74 Å². The second kappa shape index (κ2) is 9.19. The van der Waals surface area contributed by atoms with Gasteiger partial charge in [-0.05, 0) is 42.0 Å². The molecule has 5 rings (SSSR count). The molecule has 1 saturated heterocycles. The van der Waals surface area contributed by atoms with Gasteiger partial charge in [-0.2, -0.15) is 0 Å². The number of hydrogen-bond acceptors (Lipinski definition) is 5. The van der Waals surface area contributed by atoms with Gasteiger partial charge in [0.2, 0.25) is 5.88 Å². The van der Waals surface area contributed by atoms with Gasteiger partial charge >= 0.3 is 6.09 Å². The molecular formula is C26H22FN3O5. The van der Waals surface area contributed by atoms with Gasteiger partial charge in [0.1, 0.15) is 11.4 Å². The Bertz CT molecular complexity index is 1390. The zero-order valence-corrected chi connectivity index (χ0v) is 18.9. The Morgan fingerprint density at radius 3 is 2.43 bits per heavy atom. The van der Waals surface area contributed by atoms with Crippen molar-refractivity contribution in [3.63, 3.8) is 0 Å². The van der Waals surface area contributed by atoms with Crippen molar-refractivity contribution in [1.82, 2.24) is 9.88 Å². The maximum atomic E-state index is 13.6. The molecule has 0 spiro atoms. The first-order valence-electron chi connectivity index (χ1n) is 11.0. The third-order valence-electron chi connectivity index (χ3n) is 5.98. The minimum absolute atomic E-state index is 0.0917. The monoisotopic (exact) mass is 475 g/mol. The van der Waals surface area contributed by atoms with Crippen LogP contribution in [0.2, 0.25) is 0 Å². The summed E-state index contributed by atoms with van der Waals surface area (Å²) in [7, 11) is 1.39. The molecule has 178 valence electrons. The third-order valence-corrected chi connectivity index (χ3v) is 5.98. The van der Waals surface area contributed by atoms with Gasteiger partial charge in [0.25, 0.3) is 5.91 Å². The summed E-state index contributed by atoms with van der Waals surface area (Å²) in [6.07, 6.45) is 0.392. The van der Waals surface area contributed by atoms with Gasteiger partial charge < -0.3 is 19.2 Å². The van der Waals surface area contributed by atoms with Crippen molar-refractivity contribution in [2.24, 2.45) is 0 Å². The molecule has 0 unspecified atom stereocenters. The zero-order valence-electron chi connectivity index (χ0n) is 18.9. The number of aromatic nitrogens is 1. The second-order valence-corrected chi connectivity index (χ2v) is 8.21. The fraction of sp³-hybridized carbons (Fsp3) is 0.192. The third kappa shape index (κ3) is 4.45. The largest absolute Gasteiger partial charge is 0.465 e. The summed E-state index contributed by atoms with van der Waals surface area (Å²) in [5, 5.41) is 10.0. The van der Waals surface area contributed by atoms with E-state index in [1.54, 1.807) is 41.4 Å². The van der Waals surface area contributed by atoms with E-state index in [1.807, 2.05) is 12.1 Å². The molecule has 2 aromatic carbocycles. The van der Waals surface area contributed by atoms with E-state index in [9.17, 15) is 19.1 Å². The maximum absolute atomic E-state index is 13.6. The highest BCUT2D eigenvalue weighted by Gasteiger charge is 2.20. The van der Waals surface area contributed by atoms with Crippen molar-refractivity contribution in [1.29, 1.82) is 0 Å². The van der Waals surface area contributed by atoms with E-state index in [1.165, 1.54) is 19.2 Å². The molecule has 3 heterocycles. The molecule has 1 aliphatic rings. The first-order chi connectivity index (χ1) is 16.9. The van der Waals surface area contributed by atoms with Gasteiger partial charge in [0.05, 0.1) is 24.5 Å². The second-order valence-electron chi connectivity index (χ2n) is 8.21. The summed E-state index contributed by atoms with van der Waals surface area (Å²) >= 11 is 0. The number of carbonyl (C=O) groups excluding carboxylic acids is 1. The Labute approximate surface area is 200 Å². The molecule has 0 atom stereocenters. The van der Waals surface area contributed by atoms with Crippen LogP contribution in [0.4, 0.5) is 15.1 Å². The molecule has 4 aromatic rings. The van der Waals surface area contributed by atoms with E-state index in [-0.39, 0.29) is 17.6 Å². The summed E-state index contributed by atoms with van der Waals surface area (Å²) in [4.78, 5) is 31.4. The smallest absolute Gasteiger partial charge is 0.413 e. The Balaban J connectivity index is 1.56. The number of furan rings is 1. The van der Waals surface area contributed by atoms with Crippen molar-refractivity contribution >= 4 is 28.9 Å². The average Bonchev–Trinajstić information content (AvgIpc) is 3.32. The van der Waals surface area contributed by atoms with Gasteiger partial charge in [0, 0.05) is 48.9 Å². The van der Waals surface area contributed by atoms with Gasteiger partial charge in [-0.1, -0.05) is 12.1 Å². The van der Waals surface area contributed by atoms with Crippen LogP contribution in [0.1, 0.15) is 10.4 Å². The summed E-state index contributed by atoms with van der Waals surface area (Å²) in [6, 6.07) is 14.8. The summed E-state index contributed by atoms with van der Waals surface area (Å²) < 4.78 is 24.7. The van der Waals surface area contributed by atoms with Crippen molar-refractivity contribution in [2.75, 3.05) is 38.3 Å². The molecule has 0 saturated carbocycles. The van der Waals surface area contributed by atoms with Gasteiger partial charge in [0.15, 0.2) is 0 Å². The molecule has 35 heavy (non-hydrogen) atoms. The molecule has 9 heteroatoms. The molecular weight excluding hydrogens is 453 g/mol. The van der Waals surface area contributed by atoms with Crippen LogP contribution < -0.4 is 4.90 Å². The van der Waals surface area contributed by atoms with Gasteiger partial charge in [-0.3, -0.25) is 14.7 Å². The molecule has 1 N–H and O–H groups in total. The quantitative estimate of drug-likeness (QED) is 0.452. The normalized spacial score (nSPS) is 13.7. The van der Waals surface area contributed by atoms with E-state index in [4.69, 9.17) is 9.15 Å². The molecule has 8 nitrogen and oxygen atoms in total. The topological polar surface area (TPSA) is 96.1 Å².